The van der Waals surface area contributed by atoms with Gasteiger partial charge in [-0.2, -0.15) is 0 Å². The van der Waals surface area contributed by atoms with Gasteiger partial charge in [0.25, 0.3) is 5.91 Å². The van der Waals surface area contributed by atoms with E-state index in [2.05, 4.69) is 26.6 Å². The SMILES string of the molecule is CCCC1(CCC)NC(=O)N(CC(=O)NC(C)c2ccc(Br)cc2)C1=O. The third kappa shape index (κ3) is 4.44. The number of nitrogens with zero attached hydrogens (tertiary/aromatic N) is 1. The van der Waals surface area contributed by atoms with Crippen LogP contribution in [-0.4, -0.2) is 34.8 Å². The fraction of sp³-hybridized carbons (Fsp3) is 0.526. The first kappa shape index (κ1) is 20.4. The Kier molecular flexibility index (Phi) is 6.81. The molecule has 26 heavy (non-hydrogen) atoms. The van der Waals surface area contributed by atoms with Gasteiger partial charge in [-0.1, -0.05) is 54.8 Å². The smallest absolute Gasteiger partial charge is 0.325 e. The molecule has 142 valence electrons. The largest absolute Gasteiger partial charge is 0.348 e. The van der Waals surface area contributed by atoms with Crippen LogP contribution in [0.25, 0.3) is 0 Å². The fourth-order valence-corrected chi connectivity index (χ4v) is 3.67. The van der Waals surface area contributed by atoms with Gasteiger partial charge in [0.2, 0.25) is 5.91 Å². The first-order valence-corrected chi connectivity index (χ1v) is 9.81. The summed E-state index contributed by atoms with van der Waals surface area (Å²) in [5, 5.41) is 5.66. The lowest BCUT2D eigenvalue weighted by atomic mass is 9.88. The molecular weight excluding hydrogens is 398 g/mol. The Labute approximate surface area is 162 Å². The lowest BCUT2D eigenvalue weighted by Gasteiger charge is -2.25. The van der Waals surface area contributed by atoms with Crippen LogP contribution in [0.15, 0.2) is 28.7 Å². The van der Waals surface area contributed by atoms with Crippen LogP contribution in [-0.2, 0) is 9.59 Å². The third-order valence-corrected chi connectivity index (χ3v) is 5.18. The lowest BCUT2D eigenvalue weighted by Crippen LogP contribution is -2.47. The predicted molar refractivity (Wildman–Crippen MR) is 103 cm³/mol. The number of carbonyl (C=O) groups is 3. The minimum atomic E-state index is -0.863. The topological polar surface area (TPSA) is 78.5 Å². The Morgan fingerprint density at radius 3 is 2.31 bits per heavy atom. The molecule has 2 N–H and O–H groups in total. The van der Waals surface area contributed by atoms with Crippen LogP contribution in [0, 0.1) is 0 Å². The molecule has 0 saturated carbocycles. The zero-order valence-electron chi connectivity index (χ0n) is 15.5. The number of carbonyl (C=O) groups excluding carboxylic acids is 3. The molecule has 1 saturated heterocycles. The number of amides is 4. The van der Waals surface area contributed by atoms with Gasteiger partial charge in [-0.25, -0.2) is 4.79 Å². The van der Waals surface area contributed by atoms with Crippen LogP contribution in [0.3, 0.4) is 0 Å². The quantitative estimate of drug-likeness (QED) is 0.627. The van der Waals surface area contributed by atoms with Crippen molar-refractivity contribution in [2.24, 2.45) is 0 Å². The Bertz CT molecular complexity index is 669. The summed E-state index contributed by atoms with van der Waals surface area (Å²) in [7, 11) is 0. The summed E-state index contributed by atoms with van der Waals surface area (Å²) >= 11 is 3.38. The standard InChI is InChI=1S/C19H26BrN3O3/c1-4-10-19(11-5-2)17(25)23(18(26)22-19)12-16(24)21-13(3)14-6-8-15(20)9-7-14/h6-9,13H,4-5,10-12H2,1-3H3,(H,21,24)(H,22,26). The molecule has 1 unspecified atom stereocenters. The normalized spacial score (nSPS) is 17.2. The molecule has 0 aromatic heterocycles. The summed E-state index contributed by atoms with van der Waals surface area (Å²) in [6, 6.07) is 6.93. The predicted octanol–water partition coefficient (Wildman–Crippen LogP) is 3.52. The monoisotopic (exact) mass is 423 g/mol. The molecule has 1 fully saturated rings. The van der Waals surface area contributed by atoms with Crippen molar-refractivity contribution in [3.8, 4) is 0 Å². The lowest BCUT2D eigenvalue weighted by molar-refractivity contribution is -0.135. The molecule has 7 heteroatoms. The first-order chi connectivity index (χ1) is 12.3. The highest BCUT2D eigenvalue weighted by atomic mass is 79.9. The average molecular weight is 424 g/mol. The van der Waals surface area contributed by atoms with E-state index in [0.29, 0.717) is 12.8 Å². The molecule has 2 rings (SSSR count). The molecule has 1 aliphatic rings. The molecule has 1 heterocycles. The molecule has 0 aliphatic carbocycles. The van der Waals surface area contributed by atoms with Gasteiger partial charge in [-0.15, -0.1) is 0 Å². The van der Waals surface area contributed by atoms with Gasteiger partial charge in [0.05, 0.1) is 6.04 Å². The van der Waals surface area contributed by atoms with E-state index >= 15 is 0 Å². The highest BCUT2D eigenvalue weighted by Gasteiger charge is 2.50. The van der Waals surface area contributed by atoms with E-state index in [0.717, 1.165) is 27.8 Å². The molecule has 4 amide bonds. The summed E-state index contributed by atoms with van der Waals surface area (Å²) in [4.78, 5) is 38.5. The van der Waals surface area contributed by atoms with Crippen molar-refractivity contribution in [1.82, 2.24) is 15.5 Å². The van der Waals surface area contributed by atoms with Crippen LogP contribution in [0.1, 0.15) is 58.1 Å². The highest BCUT2D eigenvalue weighted by Crippen LogP contribution is 2.28. The van der Waals surface area contributed by atoms with Crippen molar-refractivity contribution < 1.29 is 14.4 Å². The van der Waals surface area contributed by atoms with Crippen molar-refractivity contribution in [1.29, 1.82) is 0 Å². The second-order valence-corrected chi connectivity index (χ2v) is 7.66. The first-order valence-electron chi connectivity index (χ1n) is 9.02. The fourth-order valence-electron chi connectivity index (χ4n) is 3.40. The number of imide groups is 1. The second-order valence-electron chi connectivity index (χ2n) is 6.74. The van der Waals surface area contributed by atoms with Crippen molar-refractivity contribution >= 4 is 33.8 Å². The van der Waals surface area contributed by atoms with E-state index in [9.17, 15) is 14.4 Å². The van der Waals surface area contributed by atoms with Crippen LogP contribution in [0.2, 0.25) is 0 Å². The molecule has 1 atom stereocenters. The van der Waals surface area contributed by atoms with Crippen LogP contribution >= 0.6 is 15.9 Å². The van der Waals surface area contributed by atoms with Crippen molar-refractivity contribution in [2.75, 3.05) is 6.54 Å². The zero-order chi connectivity index (χ0) is 19.3. The molecule has 0 bridgehead atoms. The molecule has 1 aliphatic heterocycles. The number of rotatable bonds is 8. The van der Waals surface area contributed by atoms with Gasteiger partial charge in [0, 0.05) is 4.47 Å². The minimum Gasteiger partial charge on any atom is -0.348 e. The Morgan fingerprint density at radius 1 is 1.19 bits per heavy atom. The van der Waals surface area contributed by atoms with Crippen molar-refractivity contribution in [3.63, 3.8) is 0 Å². The Balaban J connectivity index is 2.02. The maximum atomic E-state index is 12.8. The Hall–Kier alpha value is -1.89. The molecule has 0 spiro atoms. The van der Waals surface area contributed by atoms with E-state index in [4.69, 9.17) is 0 Å². The summed E-state index contributed by atoms with van der Waals surface area (Å²) in [6.45, 7) is 5.56. The maximum Gasteiger partial charge on any atom is 0.325 e. The summed E-state index contributed by atoms with van der Waals surface area (Å²) in [6.07, 6.45) is 2.73. The minimum absolute atomic E-state index is 0.215. The van der Waals surface area contributed by atoms with Gasteiger partial charge in [0.15, 0.2) is 0 Å². The van der Waals surface area contributed by atoms with E-state index in [1.54, 1.807) is 0 Å². The van der Waals surface area contributed by atoms with Crippen LogP contribution in [0.4, 0.5) is 4.79 Å². The average Bonchev–Trinajstić information content (AvgIpc) is 2.80. The maximum absolute atomic E-state index is 12.8. The highest BCUT2D eigenvalue weighted by molar-refractivity contribution is 9.10. The number of hydrogen-bond acceptors (Lipinski definition) is 3. The summed E-state index contributed by atoms with van der Waals surface area (Å²) in [5.41, 5.74) is 0.0862. The van der Waals surface area contributed by atoms with Gasteiger partial charge in [-0.05, 0) is 37.5 Å². The van der Waals surface area contributed by atoms with Crippen molar-refractivity contribution in [3.05, 3.63) is 34.3 Å². The number of nitrogens with one attached hydrogen (secondary N) is 2. The third-order valence-electron chi connectivity index (χ3n) is 4.65. The van der Waals surface area contributed by atoms with Gasteiger partial charge in [-0.3, -0.25) is 14.5 Å². The Morgan fingerprint density at radius 2 is 1.77 bits per heavy atom. The van der Waals surface area contributed by atoms with E-state index in [1.165, 1.54) is 0 Å². The molecular formula is C19H26BrN3O3. The summed E-state index contributed by atoms with van der Waals surface area (Å²) < 4.78 is 0.960. The number of hydrogen-bond donors (Lipinski definition) is 2. The molecule has 1 aromatic rings. The van der Waals surface area contributed by atoms with Gasteiger partial charge >= 0.3 is 6.03 Å². The van der Waals surface area contributed by atoms with Gasteiger partial charge in [0.1, 0.15) is 12.1 Å². The van der Waals surface area contributed by atoms with E-state index in [-0.39, 0.29) is 24.4 Å². The van der Waals surface area contributed by atoms with E-state index in [1.807, 2.05) is 45.0 Å². The molecule has 1 aromatic carbocycles. The second kappa shape index (κ2) is 8.66. The number of urea groups is 1. The molecule has 6 nitrogen and oxygen atoms in total. The molecule has 0 radical (unpaired) electrons. The number of benzene rings is 1. The van der Waals surface area contributed by atoms with Crippen molar-refractivity contribution in [2.45, 2.75) is 58.0 Å². The van der Waals surface area contributed by atoms with E-state index < -0.39 is 11.6 Å². The zero-order valence-corrected chi connectivity index (χ0v) is 17.1. The van der Waals surface area contributed by atoms with Gasteiger partial charge < -0.3 is 10.6 Å². The number of halogens is 1. The summed E-state index contributed by atoms with van der Waals surface area (Å²) in [5.74, 6) is -0.648. The van der Waals surface area contributed by atoms with Crippen LogP contribution in [0.5, 0.6) is 0 Å². The van der Waals surface area contributed by atoms with Crippen LogP contribution < -0.4 is 10.6 Å².